The maximum atomic E-state index is 4.36. The van der Waals surface area contributed by atoms with Crippen LogP contribution in [0.15, 0.2) is 21.2 Å². The topological polar surface area (TPSA) is 24.9 Å². The smallest absolute Gasteiger partial charge is 0.140 e. The van der Waals surface area contributed by atoms with Crippen LogP contribution in [0.3, 0.4) is 0 Å². The quantitative estimate of drug-likeness (QED) is 0.817. The zero-order valence-electron chi connectivity index (χ0n) is 9.88. The minimum Gasteiger partial charge on any atom is -0.369 e. The molecule has 0 radical (unpaired) electrons. The van der Waals surface area contributed by atoms with E-state index in [0.29, 0.717) is 0 Å². The molecule has 1 aliphatic carbocycles. The fourth-order valence-corrected chi connectivity index (χ4v) is 3.54. The average Bonchev–Trinajstić information content (AvgIpc) is 2.33. The molecule has 1 heterocycles. The number of pyridine rings is 1. The lowest BCUT2D eigenvalue weighted by Crippen LogP contribution is -2.12. The zero-order chi connectivity index (χ0) is 12.1. The van der Waals surface area contributed by atoms with E-state index in [-0.39, 0.29) is 0 Å². The molecule has 1 aromatic heterocycles. The zero-order valence-corrected chi connectivity index (χ0v) is 13.1. The second kappa shape index (κ2) is 6.74. The van der Waals surface area contributed by atoms with Crippen molar-refractivity contribution in [2.45, 2.75) is 38.5 Å². The normalized spacial score (nSPS) is 17.1. The third-order valence-electron chi connectivity index (χ3n) is 3.38. The van der Waals surface area contributed by atoms with E-state index in [1.54, 1.807) is 0 Å². The van der Waals surface area contributed by atoms with Gasteiger partial charge in [0.05, 0.1) is 4.47 Å². The molecule has 0 spiro atoms. The van der Waals surface area contributed by atoms with Crippen LogP contribution < -0.4 is 5.32 Å². The van der Waals surface area contributed by atoms with E-state index < -0.39 is 0 Å². The molecule has 0 saturated heterocycles. The van der Waals surface area contributed by atoms with Crippen LogP contribution in [0.25, 0.3) is 0 Å². The molecule has 2 rings (SSSR count). The molecule has 4 heteroatoms. The minimum atomic E-state index is 0.922. The van der Waals surface area contributed by atoms with Gasteiger partial charge in [0.2, 0.25) is 0 Å². The molecule has 17 heavy (non-hydrogen) atoms. The summed E-state index contributed by atoms with van der Waals surface area (Å²) in [6, 6.07) is 2.02. The standard InChI is InChI=1S/C13H18Br2N2/c14-11-8-12(15)13(17-9-11)16-7-6-10-4-2-1-3-5-10/h8-10H,1-7H2,(H,16,17). The molecule has 1 aliphatic rings. The number of nitrogens with one attached hydrogen (secondary N) is 1. The lowest BCUT2D eigenvalue weighted by molar-refractivity contribution is 0.345. The molecular weight excluding hydrogens is 344 g/mol. The molecule has 0 unspecified atom stereocenters. The summed E-state index contributed by atoms with van der Waals surface area (Å²) >= 11 is 6.93. The number of aromatic nitrogens is 1. The molecule has 0 amide bonds. The molecule has 1 aromatic rings. The van der Waals surface area contributed by atoms with Crippen molar-refractivity contribution in [1.82, 2.24) is 4.98 Å². The minimum absolute atomic E-state index is 0.922. The largest absolute Gasteiger partial charge is 0.369 e. The highest BCUT2D eigenvalue weighted by molar-refractivity contribution is 9.11. The molecule has 0 bridgehead atoms. The van der Waals surface area contributed by atoms with Gasteiger partial charge in [-0.2, -0.15) is 0 Å². The van der Waals surface area contributed by atoms with Gasteiger partial charge in [0.25, 0.3) is 0 Å². The van der Waals surface area contributed by atoms with Gasteiger partial charge in [0.15, 0.2) is 0 Å². The summed E-state index contributed by atoms with van der Waals surface area (Å²) in [5.41, 5.74) is 0. The maximum absolute atomic E-state index is 4.36. The monoisotopic (exact) mass is 360 g/mol. The Kier molecular flexibility index (Phi) is 5.29. The van der Waals surface area contributed by atoms with E-state index in [1.807, 2.05) is 12.3 Å². The van der Waals surface area contributed by atoms with Gasteiger partial charge >= 0.3 is 0 Å². The van der Waals surface area contributed by atoms with E-state index in [2.05, 4.69) is 42.2 Å². The summed E-state index contributed by atoms with van der Waals surface area (Å²) in [5.74, 6) is 1.87. The van der Waals surface area contributed by atoms with Gasteiger partial charge < -0.3 is 5.32 Å². The molecule has 1 saturated carbocycles. The second-order valence-corrected chi connectivity index (χ2v) is 6.47. The first kappa shape index (κ1) is 13.3. The summed E-state index contributed by atoms with van der Waals surface area (Å²) in [4.78, 5) is 4.36. The van der Waals surface area contributed by atoms with Crippen LogP contribution >= 0.6 is 31.9 Å². The van der Waals surface area contributed by atoms with E-state index in [1.165, 1.54) is 38.5 Å². The van der Waals surface area contributed by atoms with E-state index in [0.717, 1.165) is 27.2 Å². The lowest BCUT2D eigenvalue weighted by atomic mass is 9.87. The van der Waals surface area contributed by atoms with Crippen molar-refractivity contribution in [2.24, 2.45) is 5.92 Å². The van der Waals surface area contributed by atoms with Crippen LogP contribution in [0.4, 0.5) is 5.82 Å². The molecule has 1 N–H and O–H groups in total. The highest BCUT2D eigenvalue weighted by Gasteiger charge is 2.12. The average molecular weight is 362 g/mol. The highest BCUT2D eigenvalue weighted by atomic mass is 79.9. The summed E-state index contributed by atoms with van der Waals surface area (Å²) in [6.45, 7) is 1.03. The molecule has 94 valence electrons. The molecule has 0 aliphatic heterocycles. The molecule has 1 fully saturated rings. The molecule has 0 aromatic carbocycles. The molecular formula is C13H18Br2N2. The van der Waals surface area contributed by atoms with Gasteiger partial charge in [-0.3, -0.25) is 0 Å². The number of halogens is 2. The van der Waals surface area contributed by atoms with Crippen LogP contribution in [-0.4, -0.2) is 11.5 Å². The SMILES string of the molecule is Brc1cnc(NCCC2CCCCC2)c(Br)c1. The van der Waals surface area contributed by atoms with Crippen molar-refractivity contribution >= 4 is 37.7 Å². The van der Waals surface area contributed by atoms with Crippen LogP contribution in [0.2, 0.25) is 0 Å². The third-order valence-corrected chi connectivity index (χ3v) is 4.42. The first-order chi connectivity index (χ1) is 8.25. The maximum Gasteiger partial charge on any atom is 0.140 e. The predicted octanol–water partition coefficient (Wildman–Crippen LogP) is 4.99. The van der Waals surface area contributed by atoms with Crippen molar-refractivity contribution in [3.8, 4) is 0 Å². The fraction of sp³-hybridized carbons (Fsp3) is 0.615. The van der Waals surface area contributed by atoms with Gasteiger partial charge in [0.1, 0.15) is 5.82 Å². The fourth-order valence-electron chi connectivity index (χ4n) is 2.42. The van der Waals surface area contributed by atoms with Crippen LogP contribution in [-0.2, 0) is 0 Å². The summed E-state index contributed by atoms with van der Waals surface area (Å²) in [7, 11) is 0. The Bertz CT molecular complexity index is 362. The first-order valence-electron chi connectivity index (χ1n) is 6.30. The lowest BCUT2D eigenvalue weighted by Gasteiger charge is -2.21. The molecule has 2 nitrogen and oxygen atoms in total. The second-order valence-electron chi connectivity index (χ2n) is 4.70. The van der Waals surface area contributed by atoms with Crippen molar-refractivity contribution in [1.29, 1.82) is 0 Å². The Morgan fingerprint density at radius 3 is 2.71 bits per heavy atom. The Balaban J connectivity index is 1.77. The Labute approximate surface area is 120 Å². The van der Waals surface area contributed by atoms with Gasteiger partial charge in [0, 0.05) is 17.2 Å². The number of hydrogen-bond acceptors (Lipinski definition) is 2. The van der Waals surface area contributed by atoms with Gasteiger partial charge in [-0.25, -0.2) is 4.98 Å². The van der Waals surface area contributed by atoms with Crippen LogP contribution in [0.1, 0.15) is 38.5 Å². The Hall–Kier alpha value is -0.0900. The number of hydrogen-bond donors (Lipinski definition) is 1. The van der Waals surface area contributed by atoms with Crippen molar-refractivity contribution in [3.05, 3.63) is 21.2 Å². The van der Waals surface area contributed by atoms with Crippen LogP contribution in [0.5, 0.6) is 0 Å². The first-order valence-corrected chi connectivity index (χ1v) is 7.89. The van der Waals surface area contributed by atoms with Gasteiger partial charge in [-0.15, -0.1) is 0 Å². The van der Waals surface area contributed by atoms with E-state index >= 15 is 0 Å². The number of nitrogens with zero attached hydrogens (tertiary/aromatic N) is 1. The third kappa shape index (κ3) is 4.25. The van der Waals surface area contributed by atoms with Crippen molar-refractivity contribution in [2.75, 3.05) is 11.9 Å². The summed E-state index contributed by atoms with van der Waals surface area (Å²) < 4.78 is 2.03. The Morgan fingerprint density at radius 2 is 2.00 bits per heavy atom. The van der Waals surface area contributed by atoms with Gasteiger partial charge in [-0.1, -0.05) is 32.1 Å². The van der Waals surface area contributed by atoms with Crippen molar-refractivity contribution in [3.63, 3.8) is 0 Å². The van der Waals surface area contributed by atoms with Gasteiger partial charge in [-0.05, 0) is 50.3 Å². The molecule has 0 atom stereocenters. The Morgan fingerprint density at radius 1 is 1.24 bits per heavy atom. The van der Waals surface area contributed by atoms with Crippen molar-refractivity contribution < 1.29 is 0 Å². The number of rotatable bonds is 4. The highest BCUT2D eigenvalue weighted by Crippen LogP contribution is 2.27. The predicted molar refractivity (Wildman–Crippen MR) is 79.3 cm³/mol. The van der Waals surface area contributed by atoms with E-state index in [4.69, 9.17) is 0 Å². The van der Waals surface area contributed by atoms with E-state index in [9.17, 15) is 0 Å². The number of anilines is 1. The summed E-state index contributed by atoms with van der Waals surface area (Å²) in [5, 5.41) is 3.41. The van der Waals surface area contributed by atoms with Crippen LogP contribution in [0, 0.1) is 5.92 Å². The summed E-state index contributed by atoms with van der Waals surface area (Å²) in [6.07, 6.45) is 10.2.